The number of nitrogens with one attached hydrogen (secondary N) is 2. The Morgan fingerprint density at radius 2 is 1.52 bits per heavy atom. The molecule has 3 aromatic rings. The predicted octanol–water partition coefficient (Wildman–Crippen LogP) is 3.42. The van der Waals surface area contributed by atoms with Crippen molar-refractivity contribution in [1.29, 1.82) is 0 Å². The molecule has 0 aliphatic heterocycles. The van der Waals surface area contributed by atoms with Gasteiger partial charge >= 0.3 is 0 Å². The molecule has 0 spiro atoms. The van der Waals surface area contributed by atoms with Gasteiger partial charge in [-0.3, -0.25) is 9.59 Å². The fourth-order valence-electron chi connectivity index (χ4n) is 4.92. The number of hydrogen-bond acceptors (Lipinski definition) is 3. The molecule has 3 aliphatic carbocycles. The van der Waals surface area contributed by atoms with Crippen LogP contribution in [0.25, 0.3) is 0 Å². The van der Waals surface area contributed by atoms with Gasteiger partial charge in [0.1, 0.15) is 0 Å². The number of fused-ring (bicyclic) bond motifs is 1. The van der Waals surface area contributed by atoms with Crippen molar-refractivity contribution in [3.63, 3.8) is 0 Å². The van der Waals surface area contributed by atoms with Crippen LogP contribution in [0, 0.1) is 5.92 Å². The molecule has 1 aromatic heterocycles. The lowest BCUT2D eigenvalue weighted by Gasteiger charge is -2.45. The Morgan fingerprint density at radius 3 is 2.14 bits per heavy atom. The SMILES string of the molecule is O=C(CNC(=O)c1ccco1)NC[C@H]1CC2c3ccccc3C1c1ccccc12. The first-order chi connectivity index (χ1) is 14.2. The van der Waals surface area contributed by atoms with Crippen LogP contribution in [0.5, 0.6) is 0 Å². The Kier molecular flexibility index (Phi) is 4.43. The second kappa shape index (κ2) is 7.24. The summed E-state index contributed by atoms with van der Waals surface area (Å²) < 4.78 is 5.04. The molecule has 146 valence electrons. The van der Waals surface area contributed by atoms with Crippen molar-refractivity contribution in [3.05, 3.63) is 94.9 Å². The van der Waals surface area contributed by atoms with Crippen molar-refractivity contribution in [2.75, 3.05) is 13.1 Å². The molecule has 3 aliphatic rings. The highest BCUT2D eigenvalue weighted by Crippen LogP contribution is 2.55. The molecule has 0 unspecified atom stereocenters. The maximum absolute atomic E-state index is 12.3. The number of amides is 2. The van der Waals surface area contributed by atoms with Crippen LogP contribution in [0.2, 0.25) is 0 Å². The minimum atomic E-state index is -0.385. The molecule has 2 bridgehead atoms. The first kappa shape index (κ1) is 17.7. The van der Waals surface area contributed by atoms with E-state index in [0.29, 0.717) is 24.3 Å². The average molecular weight is 386 g/mol. The summed E-state index contributed by atoms with van der Waals surface area (Å²) in [6.07, 6.45) is 2.46. The van der Waals surface area contributed by atoms with Gasteiger partial charge in [-0.1, -0.05) is 48.5 Å². The van der Waals surface area contributed by atoms with E-state index in [1.807, 2.05) is 0 Å². The molecular weight excluding hydrogens is 364 g/mol. The fourth-order valence-corrected chi connectivity index (χ4v) is 4.92. The molecular formula is C24H22N2O3. The molecule has 1 atom stereocenters. The summed E-state index contributed by atoms with van der Waals surface area (Å²) in [5, 5.41) is 5.61. The molecule has 5 nitrogen and oxygen atoms in total. The van der Waals surface area contributed by atoms with Crippen LogP contribution < -0.4 is 10.6 Å². The first-order valence-corrected chi connectivity index (χ1v) is 9.98. The minimum Gasteiger partial charge on any atom is -0.459 e. The first-order valence-electron chi connectivity index (χ1n) is 9.98. The summed E-state index contributed by atoms with van der Waals surface area (Å²) in [4.78, 5) is 24.2. The van der Waals surface area contributed by atoms with Crippen molar-refractivity contribution in [2.24, 2.45) is 5.92 Å². The summed E-state index contributed by atoms with van der Waals surface area (Å²) in [6, 6.07) is 20.6. The van der Waals surface area contributed by atoms with Gasteiger partial charge in [0.2, 0.25) is 5.91 Å². The van der Waals surface area contributed by atoms with Crippen LogP contribution in [0.3, 0.4) is 0 Å². The average Bonchev–Trinajstić information content (AvgIpc) is 3.31. The predicted molar refractivity (Wildman–Crippen MR) is 109 cm³/mol. The van der Waals surface area contributed by atoms with Gasteiger partial charge in [-0.15, -0.1) is 0 Å². The van der Waals surface area contributed by atoms with Crippen molar-refractivity contribution in [1.82, 2.24) is 10.6 Å². The molecule has 2 N–H and O–H groups in total. The standard InChI is InChI=1S/C24H22N2O3/c27-22(14-26-24(28)21-10-5-11-29-21)25-13-15-12-20-16-6-1-3-8-18(16)23(15)19-9-4-2-7-17(19)20/h1-11,15,20,23H,12-14H2,(H,25,27)(H,26,28)/t15-,20?,23?/m1/s1. The third kappa shape index (κ3) is 3.12. The van der Waals surface area contributed by atoms with Gasteiger partial charge in [0, 0.05) is 18.4 Å². The van der Waals surface area contributed by atoms with Gasteiger partial charge in [0.05, 0.1) is 12.8 Å². The normalized spacial score (nSPS) is 21.2. The van der Waals surface area contributed by atoms with E-state index in [0.717, 1.165) is 6.42 Å². The third-order valence-electron chi connectivity index (χ3n) is 6.14. The van der Waals surface area contributed by atoms with Crippen molar-refractivity contribution >= 4 is 11.8 Å². The van der Waals surface area contributed by atoms with Gasteiger partial charge < -0.3 is 15.1 Å². The van der Waals surface area contributed by atoms with Crippen LogP contribution in [0.15, 0.2) is 71.3 Å². The van der Waals surface area contributed by atoms with Crippen molar-refractivity contribution in [2.45, 2.75) is 18.3 Å². The minimum absolute atomic E-state index is 0.0620. The highest BCUT2D eigenvalue weighted by atomic mass is 16.3. The molecule has 0 saturated carbocycles. The van der Waals surface area contributed by atoms with E-state index in [1.165, 1.54) is 28.5 Å². The van der Waals surface area contributed by atoms with E-state index >= 15 is 0 Å². The fraction of sp³-hybridized carbons (Fsp3) is 0.250. The quantitative estimate of drug-likeness (QED) is 0.706. The molecule has 0 fully saturated rings. The zero-order valence-corrected chi connectivity index (χ0v) is 15.9. The lowest BCUT2D eigenvalue weighted by molar-refractivity contribution is -0.120. The Balaban J connectivity index is 1.27. The molecule has 0 saturated heterocycles. The van der Waals surface area contributed by atoms with Gasteiger partial charge in [-0.2, -0.15) is 0 Å². The largest absolute Gasteiger partial charge is 0.459 e. The molecule has 1 heterocycles. The maximum Gasteiger partial charge on any atom is 0.287 e. The zero-order chi connectivity index (χ0) is 19.8. The zero-order valence-electron chi connectivity index (χ0n) is 15.9. The summed E-state index contributed by atoms with van der Waals surface area (Å²) in [6.45, 7) is 0.535. The number of carbonyl (C=O) groups is 2. The van der Waals surface area contributed by atoms with Crippen LogP contribution >= 0.6 is 0 Å². The monoisotopic (exact) mass is 386 g/mol. The van der Waals surface area contributed by atoms with Crippen molar-refractivity contribution < 1.29 is 14.0 Å². The second-order valence-electron chi connectivity index (χ2n) is 7.75. The Labute approximate surface area is 169 Å². The molecule has 0 radical (unpaired) electrons. The molecule has 2 amide bonds. The third-order valence-corrected chi connectivity index (χ3v) is 6.14. The maximum atomic E-state index is 12.3. The lowest BCUT2D eigenvalue weighted by atomic mass is 9.59. The number of furan rings is 1. The van der Waals surface area contributed by atoms with Gasteiger partial charge in [-0.05, 0) is 46.7 Å². The van der Waals surface area contributed by atoms with E-state index in [4.69, 9.17) is 4.42 Å². The molecule has 5 heteroatoms. The summed E-state index contributed by atoms with van der Waals surface area (Å²) in [5.41, 5.74) is 5.61. The second-order valence-corrected chi connectivity index (χ2v) is 7.75. The van der Waals surface area contributed by atoms with E-state index in [-0.39, 0.29) is 24.1 Å². The number of rotatable bonds is 5. The summed E-state index contributed by atoms with van der Waals surface area (Å²) >= 11 is 0. The van der Waals surface area contributed by atoms with Gasteiger partial charge in [0.15, 0.2) is 5.76 Å². The molecule has 2 aromatic carbocycles. The Bertz CT molecular complexity index is 1010. The number of carbonyl (C=O) groups excluding carboxylic acids is 2. The topological polar surface area (TPSA) is 71.3 Å². The lowest BCUT2D eigenvalue weighted by Crippen LogP contribution is -2.42. The molecule has 6 rings (SSSR count). The Morgan fingerprint density at radius 1 is 0.862 bits per heavy atom. The van der Waals surface area contributed by atoms with E-state index in [9.17, 15) is 9.59 Å². The highest BCUT2D eigenvalue weighted by molar-refractivity contribution is 5.94. The van der Waals surface area contributed by atoms with Crippen molar-refractivity contribution in [3.8, 4) is 0 Å². The van der Waals surface area contributed by atoms with Crippen LogP contribution in [-0.2, 0) is 4.79 Å². The smallest absolute Gasteiger partial charge is 0.287 e. The van der Waals surface area contributed by atoms with E-state index in [1.54, 1.807) is 12.1 Å². The van der Waals surface area contributed by atoms with E-state index in [2.05, 4.69) is 59.2 Å². The van der Waals surface area contributed by atoms with Gasteiger partial charge in [0.25, 0.3) is 5.91 Å². The van der Waals surface area contributed by atoms with Crippen LogP contribution in [-0.4, -0.2) is 24.9 Å². The van der Waals surface area contributed by atoms with Crippen LogP contribution in [0.4, 0.5) is 0 Å². The Hall–Kier alpha value is -3.34. The number of benzene rings is 2. The molecule has 29 heavy (non-hydrogen) atoms. The van der Waals surface area contributed by atoms with Gasteiger partial charge in [-0.25, -0.2) is 0 Å². The summed E-state index contributed by atoms with van der Waals surface area (Å²) in [7, 11) is 0. The summed E-state index contributed by atoms with van der Waals surface area (Å²) in [5.74, 6) is 0.654. The van der Waals surface area contributed by atoms with E-state index < -0.39 is 0 Å². The number of hydrogen-bond donors (Lipinski definition) is 2. The highest BCUT2D eigenvalue weighted by Gasteiger charge is 2.42. The van der Waals surface area contributed by atoms with Crippen LogP contribution in [0.1, 0.15) is 51.1 Å².